The molecule has 0 aromatic carbocycles. The maximum atomic E-state index is 11.5. The second-order valence-corrected chi connectivity index (χ2v) is 3.43. The highest BCUT2D eigenvalue weighted by Gasteiger charge is 2.19. The van der Waals surface area contributed by atoms with Gasteiger partial charge >= 0.3 is 0 Å². The van der Waals surface area contributed by atoms with Crippen LogP contribution in [-0.4, -0.2) is 17.5 Å². The van der Waals surface area contributed by atoms with E-state index in [1.165, 1.54) is 6.26 Å². The maximum absolute atomic E-state index is 11.5. The minimum Gasteiger partial charge on any atom is -0.512 e. The van der Waals surface area contributed by atoms with Gasteiger partial charge in [-0.15, -0.1) is 0 Å². The monoisotopic (exact) mass is 192 g/mol. The van der Waals surface area contributed by atoms with E-state index in [0.717, 1.165) is 5.57 Å². The highest BCUT2D eigenvalue weighted by atomic mass is 16.5. The predicted octanol–water partition coefficient (Wildman–Crippen LogP) is 2.02. The first-order chi connectivity index (χ1) is 6.77. The SMILES string of the molecule is O=C1CCOC=C1C1=CC=C(O)CC1. The van der Waals surface area contributed by atoms with Crippen LogP contribution in [0.3, 0.4) is 0 Å². The van der Waals surface area contributed by atoms with Crippen LogP contribution in [-0.2, 0) is 9.53 Å². The molecule has 0 saturated heterocycles. The fourth-order valence-electron chi connectivity index (χ4n) is 1.60. The van der Waals surface area contributed by atoms with E-state index in [2.05, 4.69) is 0 Å². The number of hydrogen-bond donors (Lipinski definition) is 1. The van der Waals surface area contributed by atoms with E-state index in [4.69, 9.17) is 4.74 Å². The fourth-order valence-corrected chi connectivity index (χ4v) is 1.60. The van der Waals surface area contributed by atoms with Crippen LogP contribution in [0.15, 0.2) is 35.3 Å². The van der Waals surface area contributed by atoms with Gasteiger partial charge in [0.25, 0.3) is 0 Å². The molecule has 14 heavy (non-hydrogen) atoms. The molecule has 0 atom stereocenters. The molecule has 3 nitrogen and oxygen atoms in total. The molecule has 2 rings (SSSR count). The lowest BCUT2D eigenvalue weighted by atomic mass is 9.93. The molecular formula is C11H12O3. The van der Waals surface area contributed by atoms with Crippen molar-refractivity contribution >= 4 is 5.78 Å². The van der Waals surface area contributed by atoms with Gasteiger partial charge in [0.2, 0.25) is 0 Å². The van der Waals surface area contributed by atoms with Gasteiger partial charge < -0.3 is 9.84 Å². The van der Waals surface area contributed by atoms with Gasteiger partial charge in [0, 0.05) is 12.8 Å². The Morgan fingerprint density at radius 3 is 2.71 bits per heavy atom. The Kier molecular flexibility index (Phi) is 2.39. The Morgan fingerprint density at radius 1 is 1.21 bits per heavy atom. The summed E-state index contributed by atoms with van der Waals surface area (Å²) in [4.78, 5) is 11.5. The molecule has 1 heterocycles. The van der Waals surface area contributed by atoms with Gasteiger partial charge in [0.15, 0.2) is 5.78 Å². The summed E-state index contributed by atoms with van der Waals surface area (Å²) in [5.74, 6) is 0.510. The van der Waals surface area contributed by atoms with Crippen LogP contribution in [0, 0.1) is 0 Å². The largest absolute Gasteiger partial charge is 0.512 e. The zero-order chi connectivity index (χ0) is 9.97. The van der Waals surface area contributed by atoms with Crippen molar-refractivity contribution in [1.29, 1.82) is 0 Å². The van der Waals surface area contributed by atoms with Crippen molar-refractivity contribution < 1.29 is 14.6 Å². The number of rotatable bonds is 1. The number of hydrogen-bond acceptors (Lipinski definition) is 3. The lowest BCUT2D eigenvalue weighted by Gasteiger charge is -2.17. The van der Waals surface area contributed by atoms with E-state index < -0.39 is 0 Å². The molecule has 1 N–H and O–H groups in total. The maximum Gasteiger partial charge on any atom is 0.169 e. The minimum absolute atomic E-state index is 0.136. The van der Waals surface area contributed by atoms with Crippen LogP contribution in [0.5, 0.6) is 0 Å². The molecule has 1 aliphatic carbocycles. The summed E-state index contributed by atoms with van der Waals surface area (Å²) in [6, 6.07) is 0. The summed E-state index contributed by atoms with van der Waals surface area (Å²) >= 11 is 0. The molecule has 2 aliphatic rings. The number of aliphatic hydroxyl groups is 1. The molecule has 0 aromatic heterocycles. The minimum atomic E-state index is 0.136. The van der Waals surface area contributed by atoms with Crippen LogP contribution in [0.2, 0.25) is 0 Å². The third kappa shape index (κ3) is 1.71. The average molecular weight is 192 g/mol. The van der Waals surface area contributed by atoms with Crippen LogP contribution in [0.1, 0.15) is 19.3 Å². The van der Waals surface area contributed by atoms with E-state index in [1.54, 1.807) is 12.2 Å². The normalized spacial score (nSPS) is 22.0. The smallest absolute Gasteiger partial charge is 0.169 e. The van der Waals surface area contributed by atoms with Gasteiger partial charge in [-0.1, -0.05) is 6.08 Å². The Labute approximate surface area is 82.4 Å². The van der Waals surface area contributed by atoms with E-state index >= 15 is 0 Å². The summed E-state index contributed by atoms with van der Waals surface area (Å²) in [5.41, 5.74) is 1.63. The first-order valence-electron chi connectivity index (χ1n) is 4.71. The first-order valence-corrected chi connectivity index (χ1v) is 4.71. The molecule has 74 valence electrons. The van der Waals surface area contributed by atoms with Gasteiger partial charge in [-0.3, -0.25) is 4.79 Å². The van der Waals surface area contributed by atoms with Gasteiger partial charge in [0.05, 0.1) is 24.2 Å². The molecule has 0 unspecified atom stereocenters. The van der Waals surface area contributed by atoms with Crippen molar-refractivity contribution in [3.8, 4) is 0 Å². The van der Waals surface area contributed by atoms with Gasteiger partial charge in [-0.2, -0.15) is 0 Å². The Hall–Kier alpha value is -1.51. The van der Waals surface area contributed by atoms with E-state index in [9.17, 15) is 9.90 Å². The van der Waals surface area contributed by atoms with Crippen molar-refractivity contribution in [2.45, 2.75) is 19.3 Å². The van der Waals surface area contributed by atoms with E-state index in [0.29, 0.717) is 37.2 Å². The summed E-state index contributed by atoms with van der Waals surface area (Å²) in [6.07, 6.45) is 6.74. The quantitative estimate of drug-likeness (QED) is 0.691. The van der Waals surface area contributed by atoms with Crippen LogP contribution >= 0.6 is 0 Å². The zero-order valence-corrected chi connectivity index (χ0v) is 7.82. The number of allylic oxidation sites excluding steroid dienone is 5. The summed E-state index contributed by atoms with van der Waals surface area (Å²) in [6.45, 7) is 0.483. The second kappa shape index (κ2) is 3.70. The van der Waals surface area contributed by atoms with Gasteiger partial charge in [0.1, 0.15) is 0 Å². The van der Waals surface area contributed by atoms with Gasteiger partial charge in [-0.05, 0) is 18.1 Å². The molecule has 0 radical (unpaired) electrons. The predicted molar refractivity (Wildman–Crippen MR) is 51.7 cm³/mol. The molecular weight excluding hydrogens is 180 g/mol. The molecule has 1 aliphatic heterocycles. The van der Waals surface area contributed by atoms with Crippen molar-refractivity contribution in [1.82, 2.24) is 0 Å². The zero-order valence-electron chi connectivity index (χ0n) is 7.82. The lowest BCUT2D eigenvalue weighted by Crippen LogP contribution is -2.14. The average Bonchev–Trinajstić information content (AvgIpc) is 2.20. The molecule has 0 aromatic rings. The van der Waals surface area contributed by atoms with Crippen molar-refractivity contribution in [2.24, 2.45) is 0 Å². The number of Topliss-reactive ketones (excluding diaryl/α,β-unsaturated/α-hetero) is 1. The summed E-state index contributed by atoms with van der Waals surface area (Å²) < 4.78 is 5.13. The molecule has 0 fully saturated rings. The molecule has 0 bridgehead atoms. The number of carbonyl (C=O) groups excluding carboxylic acids is 1. The first kappa shape index (κ1) is 9.06. The van der Waals surface area contributed by atoms with Crippen LogP contribution in [0.4, 0.5) is 0 Å². The Morgan fingerprint density at radius 2 is 2.07 bits per heavy atom. The summed E-state index contributed by atoms with van der Waals surface area (Å²) in [7, 11) is 0. The fraction of sp³-hybridized carbons (Fsp3) is 0.364. The highest BCUT2D eigenvalue weighted by Crippen LogP contribution is 2.25. The Bertz CT molecular complexity index is 348. The second-order valence-electron chi connectivity index (χ2n) is 3.43. The lowest BCUT2D eigenvalue weighted by molar-refractivity contribution is -0.117. The molecule has 0 saturated carbocycles. The topological polar surface area (TPSA) is 46.5 Å². The third-order valence-corrected chi connectivity index (χ3v) is 2.42. The Balaban J connectivity index is 2.23. The number of aliphatic hydroxyl groups excluding tert-OH is 1. The highest BCUT2D eigenvalue weighted by molar-refractivity contribution is 5.99. The molecule has 3 heteroatoms. The molecule has 0 amide bonds. The van der Waals surface area contributed by atoms with Crippen molar-refractivity contribution in [3.63, 3.8) is 0 Å². The third-order valence-electron chi connectivity index (χ3n) is 2.42. The van der Waals surface area contributed by atoms with E-state index in [-0.39, 0.29) is 5.78 Å². The van der Waals surface area contributed by atoms with E-state index in [1.807, 2.05) is 0 Å². The van der Waals surface area contributed by atoms with Crippen molar-refractivity contribution in [3.05, 3.63) is 35.3 Å². The number of carbonyl (C=O) groups is 1. The molecule has 0 spiro atoms. The van der Waals surface area contributed by atoms with Crippen molar-refractivity contribution in [2.75, 3.05) is 6.61 Å². The van der Waals surface area contributed by atoms with Crippen LogP contribution < -0.4 is 0 Å². The number of ketones is 1. The standard InChI is InChI=1S/C11H12O3/c12-9-3-1-8(2-4-9)10-7-14-6-5-11(10)13/h1,3,7,12H,2,4-6H2. The van der Waals surface area contributed by atoms with Gasteiger partial charge in [-0.25, -0.2) is 0 Å². The van der Waals surface area contributed by atoms with Crippen LogP contribution in [0.25, 0.3) is 0 Å². The summed E-state index contributed by atoms with van der Waals surface area (Å²) in [5, 5.41) is 9.17. The number of ether oxygens (including phenoxy) is 1.